The molecule has 1 aliphatic heterocycles. The van der Waals surface area contributed by atoms with E-state index in [1.807, 2.05) is 13.8 Å². The van der Waals surface area contributed by atoms with Crippen LogP contribution in [0.15, 0.2) is 0 Å². The second-order valence-electron chi connectivity index (χ2n) is 4.59. The molecule has 2 nitrogen and oxygen atoms in total. The lowest BCUT2D eigenvalue weighted by atomic mass is 10.1. The van der Waals surface area contributed by atoms with Crippen molar-refractivity contribution in [3.63, 3.8) is 0 Å². The van der Waals surface area contributed by atoms with Crippen molar-refractivity contribution in [2.75, 3.05) is 6.54 Å². The van der Waals surface area contributed by atoms with E-state index >= 15 is 0 Å². The lowest BCUT2D eigenvalue weighted by Gasteiger charge is -2.27. The summed E-state index contributed by atoms with van der Waals surface area (Å²) in [5.41, 5.74) is 0. The quantitative estimate of drug-likeness (QED) is 0.698. The molecule has 0 saturated carbocycles. The number of likely N-dealkylation sites (tertiary alicyclic amines) is 1. The van der Waals surface area contributed by atoms with E-state index in [-0.39, 0.29) is 0 Å². The Balaban J connectivity index is 0.00000106. The zero-order chi connectivity index (χ0) is 12.6. The topological polar surface area (TPSA) is 20.3 Å². The Bertz CT molecular complexity index is 185. The van der Waals surface area contributed by atoms with Gasteiger partial charge in [-0.15, -0.1) is 0 Å². The van der Waals surface area contributed by atoms with Gasteiger partial charge in [0.05, 0.1) is 0 Å². The minimum atomic E-state index is 0.379. The van der Waals surface area contributed by atoms with Crippen molar-refractivity contribution in [1.29, 1.82) is 0 Å². The van der Waals surface area contributed by atoms with E-state index in [1.165, 1.54) is 25.7 Å². The summed E-state index contributed by atoms with van der Waals surface area (Å²) in [5, 5.41) is 0. The first-order chi connectivity index (χ1) is 7.69. The van der Waals surface area contributed by atoms with Gasteiger partial charge < -0.3 is 4.90 Å². The van der Waals surface area contributed by atoms with Crippen LogP contribution in [0.3, 0.4) is 0 Å². The predicted octanol–water partition coefficient (Wildman–Crippen LogP) is 3.85. The molecule has 0 aromatic heterocycles. The van der Waals surface area contributed by atoms with Crippen molar-refractivity contribution in [2.45, 2.75) is 72.8 Å². The highest BCUT2D eigenvalue weighted by atomic mass is 16.2. The molecule has 1 fully saturated rings. The van der Waals surface area contributed by atoms with Crippen LogP contribution in [0.25, 0.3) is 0 Å². The van der Waals surface area contributed by atoms with Gasteiger partial charge in [-0.05, 0) is 18.8 Å². The molecule has 96 valence electrons. The highest BCUT2D eigenvalue weighted by Gasteiger charge is 2.30. The fraction of sp³-hybridized carbons (Fsp3) is 0.929. The first kappa shape index (κ1) is 15.5. The van der Waals surface area contributed by atoms with Gasteiger partial charge in [0.1, 0.15) is 0 Å². The minimum absolute atomic E-state index is 0.379. The molecule has 1 saturated heterocycles. The Kier molecular flexibility index (Phi) is 8.32. The van der Waals surface area contributed by atoms with Crippen LogP contribution in [0.2, 0.25) is 0 Å². The maximum Gasteiger partial charge on any atom is 0.223 e. The zero-order valence-electron chi connectivity index (χ0n) is 11.8. The number of nitrogens with zero attached hydrogens (tertiary/aromatic N) is 1. The summed E-state index contributed by atoms with van der Waals surface area (Å²) >= 11 is 0. The number of amides is 1. The van der Waals surface area contributed by atoms with Crippen molar-refractivity contribution in [3.05, 3.63) is 0 Å². The molecule has 0 aliphatic carbocycles. The van der Waals surface area contributed by atoms with Gasteiger partial charge in [0, 0.05) is 19.0 Å². The van der Waals surface area contributed by atoms with Gasteiger partial charge in [-0.25, -0.2) is 0 Å². The van der Waals surface area contributed by atoms with E-state index in [0.717, 1.165) is 13.0 Å². The Morgan fingerprint density at radius 1 is 1.25 bits per heavy atom. The second-order valence-corrected chi connectivity index (χ2v) is 4.59. The first-order valence-electron chi connectivity index (χ1n) is 6.98. The molecule has 1 unspecified atom stereocenters. The SMILES string of the molecule is CC.CCCC(CCC)N1CC(C)CC1=O. The van der Waals surface area contributed by atoms with Crippen molar-refractivity contribution in [2.24, 2.45) is 5.92 Å². The number of rotatable bonds is 5. The zero-order valence-corrected chi connectivity index (χ0v) is 11.8. The standard InChI is InChI=1S/C12H23NO.C2H6/c1-4-6-11(7-5-2)13-9-10(3)8-12(13)14;1-2/h10-11H,4-9H2,1-3H3;1-2H3. The largest absolute Gasteiger partial charge is 0.339 e. The Morgan fingerprint density at radius 3 is 2.06 bits per heavy atom. The highest BCUT2D eigenvalue weighted by Crippen LogP contribution is 2.23. The lowest BCUT2D eigenvalue weighted by molar-refractivity contribution is -0.129. The Morgan fingerprint density at radius 2 is 1.75 bits per heavy atom. The fourth-order valence-electron chi connectivity index (χ4n) is 2.39. The minimum Gasteiger partial charge on any atom is -0.339 e. The van der Waals surface area contributed by atoms with Gasteiger partial charge >= 0.3 is 0 Å². The Labute approximate surface area is 101 Å². The molecule has 1 amide bonds. The van der Waals surface area contributed by atoms with Crippen molar-refractivity contribution in [1.82, 2.24) is 4.90 Å². The van der Waals surface area contributed by atoms with Gasteiger partial charge in [-0.1, -0.05) is 47.5 Å². The number of carbonyl (C=O) groups excluding carboxylic acids is 1. The molecule has 16 heavy (non-hydrogen) atoms. The monoisotopic (exact) mass is 227 g/mol. The molecule has 1 atom stereocenters. The van der Waals surface area contributed by atoms with Crippen LogP contribution < -0.4 is 0 Å². The van der Waals surface area contributed by atoms with Crippen LogP contribution in [-0.2, 0) is 4.79 Å². The smallest absolute Gasteiger partial charge is 0.223 e. The molecule has 1 aliphatic rings. The van der Waals surface area contributed by atoms with Crippen LogP contribution in [0, 0.1) is 5.92 Å². The van der Waals surface area contributed by atoms with E-state index < -0.39 is 0 Å². The highest BCUT2D eigenvalue weighted by molar-refractivity contribution is 5.78. The van der Waals surface area contributed by atoms with Crippen LogP contribution in [0.1, 0.15) is 66.7 Å². The van der Waals surface area contributed by atoms with Crippen LogP contribution in [-0.4, -0.2) is 23.4 Å². The van der Waals surface area contributed by atoms with Crippen LogP contribution in [0.5, 0.6) is 0 Å². The maximum atomic E-state index is 11.7. The average Bonchev–Trinajstić information content (AvgIpc) is 2.60. The molecule has 1 heterocycles. The van der Waals surface area contributed by atoms with Gasteiger partial charge in [0.15, 0.2) is 0 Å². The molecular weight excluding hydrogens is 198 g/mol. The van der Waals surface area contributed by atoms with E-state index in [1.54, 1.807) is 0 Å². The van der Waals surface area contributed by atoms with Crippen molar-refractivity contribution >= 4 is 5.91 Å². The third-order valence-corrected chi connectivity index (χ3v) is 3.04. The fourth-order valence-corrected chi connectivity index (χ4v) is 2.39. The van der Waals surface area contributed by atoms with Gasteiger partial charge in [0.2, 0.25) is 5.91 Å². The van der Waals surface area contributed by atoms with Crippen molar-refractivity contribution in [3.8, 4) is 0 Å². The summed E-state index contributed by atoms with van der Waals surface area (Å²) in [6, 6.07) is 0.516. The van der Waals surface area contributed by atoms with E-state index in [0.29, 0.717) is 17.9 Å². The van der Waals surface area contributed by atoms with Gasteiger partial charge in [0.25, 0.3) is 0 Å². The number of carbonyl (C=O) groups is 1. The maximum absolute atomic E-state index is 11.7. The molecule has 0 radical (unpaired) electrons. The van der Waals surface area contributed by atoms with Gasteiger partial charge in [-0.2, -0.15) is 0 Å². The predicted molar refractivity (Wildman–Crippen MR) is 70.4 cm³/mol. The summed E-state index contributed by atoms with van der Waals surface area (Å²) in [7, 11) is 0. The summed E-state index contributed by atoms with van der Waals surface area (Å²) in [6.07, 6.45) is 5.48. The van der Waals surface area contributed by atoms with E-state index in [4.69, 9.17) is 0 Å². The van der Waals surface area contributed by atoms with Crippen LogP contribution >= 0.6 is 0 Å². The third-order valence-electron chi connectivity index (χ3n) is 3.04. The molecule has 0 aromatic carbocycles. The van der Waals surface area contributed by atoms with E-state index in [2.05, 4.69) is 25.7 Å². The molecule has 0 spiro atoms. The summed E-state index contributed by atoms with van der Waals surface area (Å²) in [4.78, 5) is 13.8. The molecule has 0 aromatic rings. The molecule has 2 heteroatoms. The Hall–Kier alpha value is -0.530. The van der Waals surface area contributed by atoms with Gasteiger partial charge in [-0.3, -0.25) is 4.79 Å². The molecule has 0 N–H and O–H groups in total. The summed E-state index contributed by atoms with van der Waals surface area (Å²) in [6.45, 7) is 11.6. The first-order valence-corrected chi connectivity index (χ1v) is 6.98. The summed E-state index contributed by atoms with van der Waals surface area (Å²) in [5.74, 6) is 0.947. The van der Waals surface area contributed by atoms with E-state index in [9.17, 15) is 4.79 Å². The number of hydrogen-bond acceptors (Lipinski definition) is 1. The lowest BCUT2D eigenvalue weighted by Crippen LogP contribution is -2.36. The van der Waals surface area contributed by atoms with Crippen molar-refractivity contribution < 1.29 is 4.79 Å². The molecule has 0 bridgehead atoms. The normalized spacial score (nSPS) is 20.0. The molecular formula is C14H29NO. The third kappa shape index (κ3) is 4.54. The van der Waals surface area contributed by atoms with Crippen LogP contribution in [0.4, 0.5) is 0 Å². The second kappa shape index (κ2) is 8.60. The number of hydrogen-bond donors (Lipinski definition) is 0. The summed E-state index contributed by atoms with van der Waals surface area (Å²) < 4.78 is 0. The average molecular weight is 227 g/mol. The molecule has 1 rings (SSSR count).